The first-order chi connectivity index (χ1) is 19.1. The number of amides is 1. The molecule has 3 heterocycles. The Bertz CT molecular complexity index is 1710. The fourth-order valence-electron chi connectivity index (χ4n) is 4.85. The van der Waals surface area contributed by atoms with E-state index in [0.717, 1.165) is 41.1 Å². The van der Waals surface area contributed by atoms with E-state index in [9.17, 15) is 18.5 Å². The number of ether oxygens (including phenoxy) is 1. The molecule has 206 valence electrons. The summed E-state index contributed by atoms with van der Waals surface area (Å²) in [6.45, 7) is 4.91. The van der Waals surface area contributed by atoms with E-state index in [-0.39, 0.29) is 11.9 Å². The molecular weight excluding hydrogens is 530 g/mol. The highest BCUT2D eigenvalue weighted by Gasteiger charge is 2.25. The van der Waals surface area contributed by atoms with Crippen molar-refractivity contribution in [1.82, 2.24) is 19.9 Å². The lowest BCUT2D eigenvalue weighted by atomic mass is 10.0. The average Bonchev–Trinajstić information content (AvgIpc) is 3.33. The zero-order chi connectivity index (χ0) is 28.4. The van der Waals surface area contributed by atoms with E-state index in [4.69, 9.17) is 4.74 Å². The van der Waals surface area contributed by atoms with Crippen LogP contribution in [0.2, 0.25) is 0 Å². The lowest BCUT2D eigenvalue weighted by Gasteiger charge is -2.32. The lowest BCUT2D eigenvalue weighted by Crippen LogP contribution is -2.42. The molecule has 0 atom stereocenters. The molecule has 4 aromatic rings. The summed E-state index contributed by atoms with van der Waals surface area (Å²) in [6, 6.07) is 14.3. The Labute approximate surface area is 232 Å². The van der Waals surface area contributed by atoms with Gasteiger partial charge in [0.2, 0.25) is 21.9 Å². The van der Waals surface area contributed by atoms with Gasteiger partial charge >= 0.3 is 0 Å². The smallest absolute Gasteiger partial charge is 0.270 e. The highest BCUT2D eigenvalue weighted by molar-refractivity contribution is 7.92. The van der Waals surface area contributed by atoms with Crippen LogP contribution in [-0.2, 0) is 10.0 Å². The van der Waals surface area contributed by atoms with E-state index >= 15 is 0 Å². The van der Waals surface area contributed by atoms with Gasteiger partial charge in [0.1, 0.15) is 11.4 Å². The van der Waals surface area contributed by atoms with Crippen LogP contribution in [0.1, 0.15) is 40.0 Å². The van der Waals surface area contributed by atoms with Gasteiger partial charge in [-0.15, -0.1) is 0 Å². The Morgan fingerprint density at radius 1 is 1.12 bits per heavy atom. The minimum atomic E-state index is -3.39. The van der Waals surface area contributed by atoms with Crippen molar-refractivity contribution in [2.24, 2.45) is 0 Å². The van der Waals surface area contributed by atoms with Crippen molar-refractivity contribution in [3.05, 3.63) is 71.0 Å². The topological polar surface area (TPSA) is 153 Å². The molecular formula is C28H29N7O4S. The van der Waals surface area contributed by atoms with Gasteiger partial charge in [-0.05, 0) is 74.2 Å². The quantitative estimate of drug-likeness (QED) is 0.302. The molecule has 0 unspecified atom stereocenters. The number of nitrogens with one attached hydrogen (secondary N) is 3. The molecule has 2 aromatic heterocycles. The van der Waals surface area contributed by atoms with Gasteiger partial charge < -0.3 is 19.9 Å². The van der Waals surface area contributed by atoms with Gasteiger partial charge in [0.05, 0.1) is 17.9 Å². The van der Waals surface area contributed by atoms with Gasteiger partial charge in [-0.2, -0.15) is 10.2 Å². The lowest BCUT2D eigenvalue weighted by molar-refractivity contribution is 0.0713. The fourth-order valence-corrected chi connectivity index (χ4v) is 5.41. The van der Waals surface area contributed by atoms with Crippen molar-refractivity contribution >= 4 is 38.5 Å². The first-order valence-corrected chi connectivity index (χ1v) is 14.7. The molecule has 0 saturated carbocycles. The van der Waals surface area contributed by atoms with Crippen LogP contribution in [0, 0.1) is 25.2 Å². The number of likely N-dealkylation sites (tertiary alicyclic amines) is 1. The van der Waals surface area contributed by atoms with Crippen LogP contribution in [0.5, 0.6) is 11.6 Å². The van der Waals surface area contributed by atoms with Gasteiger partial charge in [-0.25, -0.2) is 13.4 Å². The number of aromatic nitrogens is 3. The van der Waals surface area contributed by atoms with Crippen LogP contribution in [0.15, 0.2) is 48.7 Å². The monoisotopic (exact) mass is 559 g/mol. The average molecular weight is 560 g/mol. The summed E-state index contributed by atoms with van der Waals surface area (Å²) >= 11 is 0. The molecule has 2 aromatic carbocycles. The van der Waals surface area contributed by atoms with Crippen LogP contribution < -0.4 is 14.8 Å². The summed E-state index contributed by atoms with van der Waals surface area (Å²) in [4.78, 5) is 26.9. The summed E-state index contributed by atoms with van der Waals surface area (Å²) < 4.78 is 31.5. The van der Waals surface area contributed by atoms with Gasteiger partial charge in [-0.3, -0.25) is 9.52 Å². The van der Waals surface area contributed by atoms with Gasteiger partial charge in [-0.1, -0.05) is 0 Å². The summed E-state index contributed by atoms with van der Waals surface area (Å²) in [5.74, 6) is 1.40. The van der Waals surface area contributed by atoms with Gasteiger partial charge in [0.25, 0.3) is 5.91 Å². The Kier molecular flexibility index (Phi) is 7.32. The maximum atomic E-state index is 13.2. The zero-order valence-electron chi connectivity index (χ0n) is 22.4. The molecule has 1 amide bonds. The maximum absolute atomic E-state index is 13.2. The van der Waals surface area contributed by atoms with E-state index in [1.165, 1.54) is 0 Å². The predicted molar refractivity (Wildman–Crippen MR) is 152 cm³/mol. The number of nitriles is 1. The molecule has 0 spiro atoms. The van der Waals surface area contributed by atoms with Crippen LogP contribution >= 0.6 is 0 Å². The number of H-pyrrole nitrogens is 1. The molecule has 1 aliphatic heterocycles. The van der Waals surface area contributed by atoms with Crippen LogP contribution in [0.3, 0.4) is 0 Å². The highest BCUT2D eigenvalue weighted by Crippen LogP contribution is 2.29. The SMILES string of the molecule is Cc1cc(C#N)cc(C)c1Oc1ccnc(NC2CCN(C(=O)c3cc4cc(NS(C)(=O)=O)ccc4[nH]3)CC2)n1. The molecule has 5 rings (SSSR count). The second kappa shape index (κ2) is 10.9. The number of benzene rings is 2. The number of carbonyl (C=O) groups excluding carboxylic acids is 1. The molecule has 12 heteroatoms. The van der Waals surface area contributed by atoms with Crippen LogP contribution in [-0.4, -0.2) is 59.6 Å². The van der Waals surface area contributed by atoms with E-state index in [1.54, 1.807) is 53.6 Å². The second-order valence-corrected chi connectivity index (χ2v) is 11.7. The zero-order valence-corrected chi connectivity index (χ0v) is 23.2. The summed E-state index contributed by atoms with van der Waals surface area (Å²) in [7, 11) is -3.39. The number of aromatic amines is 1. The van der Waals surface area contributed by atoms with E-state index in [1.807, 2.05) is 13.8 Å². The van der Waals surface area contributed by atoms with E-state index < -0.39 is 10.0 Å². The van der Waals surface area contributed by atoms with Crippen molar-refractivity contribution in [1.29, 1.82) is 5.26 Å². The van der Waals surface area contributed by atoms with Crippen molar-refractivity contribution in [3.8, 4) is 17.7 Å². The Morgan fingerprint density at radius 3 is 2.52 bits per heavy atom. The maximum Gasteiger partial charge on any atom is 0.270 e. The number of rotatable bonds is 7. The van der Waals surface area contributed by atoms with Gasteiger partial charge in [0.15, 0.2) is 0 Å². The number of anilines is 2. The van der Waals surface area contributed by atoms with E-state index in [2.05, 4.69) is 31.1 Å². The minimum Gasteiger partial charge on any atom is -0.438 e. The molecule has 40 heavy (non-hydrogen) atoms. The number of hydrogen-bond acceptors (Lipinski definition) is 8. The van der Waals surface area contributed by atoms with E-state index in [0.29, 0.717) is 47.6 Å². The number of hydrogen-bond donors (Lipinski definition) is 3. The van der Waals surface area contributed by atoms with Crippen LogP contribution in [0.25, 0.3) is 10.9 Å². The minimum absolute atomic E-state index is 0.0880. The van der Waals surface area contributed by atoms with Crippen molar-refractivity contribution in [2.75, 3.05) is 29.4 Å². The largest absolute Gasteiger partial charge is 0.438 e. The Hall–Kier alpha value is -4.63. The summed E-state index contributed by atoms with van der Waals surface area (Å²) in [6.07, 6.45) is 4.16. The number of fused-ring (bicyclic) bond motifs is 1. The third-order valence-electron chi connectivity index (χ3n) is 6.70. The fraction of sp³-hybridized carbons (Fsp3) is 0.286. The third-order valence-corrected chi connectivity index (χ3v) is 7.30. The van der Waals surface area contributed by atoms with Crippen molar-refractivity contribution < 1.29 is 17.9 Å². The molecule has 1 aliphatic rings. The molecule has 1 saturated heterocycles. The first kappa shape index (κ1) is 27.0. The molecule has 0 radical (unpaired) electrons. The molecule has 0 bridgehead atoms. The molecule has 3 N–H and O–H groups in total. The number of sulfonamides is 1. The predicted octanol–water partition coefficient (Wildman–Crippen LogP) is 4.33. The normalized spacial score (nSPS) is 14.1. The second-order valence-electron chi connectivity index (χ2n) is 9.94. The number of piperidine rings is 1. The third kappa shape index (κ3) is 6.16. The Morgan fingerprint density at radius 2 is 1.85 bits per heavy atom. The number of carbonyl (C=O) groups is 1. The number of nitrogens with zero attached hydrogens (tertiary/aromatic N) is 4. The highest BCUT2D eigenvalue weighted by atomic mass is 32.2. The molecule has 1 fully saturated rings. The number of aryl methyl sites for hydroxylation is 2. The van der Waals surface area contributed by atoms with Crippen molar-refractivity contribution in [2.45, 2.75) is 32.7 Å². The van der Waals surface area contributed by atoms with Crippen molar-refractivity contribution in [3.63, 3.8) is 0 Å². The van der Waals surface area contributed by atoms with Crippen LogP contribution in [0.4, 0.5) is 11.6 Å². The summed E-state index contributed by atoms with van der Waals surface area (Å²) in [5.41, 5.74) is 3.94. The molecule has 0 aliphatic carbocycles. The standard InChI is InChI=1S/C28H29N7O4S/c1-17-12-19(16-29)13-18(2)26(17)39-25-6-9-30-28(33-25)31-21-7-10-35(11-8-21)27(36)24-15-20-14-22(34-40(3,37)38)4-5-23(20)32-24/h4-6,9,12-15,21,32,34H,7-8,10-11H2,1-3H3,(H,30,31,33). The Balaban J connectivity index is 1.19. The molecule has 11 nitrogen and oxygen atoms in total. The van der Waals surface area contributed by atoms with Gasteiger partial charge in [0, 0.05) is 48.0 Å². The summed E-state index contributed by atoms with van der Waals surface area (Å²) in [5, 5.41) is 13.3. The first-order valence-electron chi connectivity index (χ1n) is 12.8.